The van der Waals surface area contributed by atoms with Crippen molar-refractivity contribution in [3.05, 3.63) is 186 Å². The third kappa shape index (κ3) is 3.93. The molecule has 2 aliphatic carbocycles. The Morgan fingerprint density at radius 1 is 0.327 bits per heavy atom. The Labute approximate surface area is 321 Å². The third-order valence-corrected chi connectivity index (χ3v) is 13.4. The van der Waals surface area contributed by atoms with Crippen LogP contribution in [0.25, 0.3) is 93.2 Å². The zero-order valence-corrected chi connectivity index (χ0v) is 31.5. The first-order chi connectivity index (χ1) is 26.8. The molecule has 0 unspecified atom stereocenters. The number of benzene rings is 9. The first-order valence-corrected chi connectivity index (χ1v) is 19.6. The van der Waals surface area contributed by atoms with Crippen LogP contribution in [0.2, 0.25) is 0 Å². The second kappa shape index (κ2) is 10.6. The Morgan fingerprint density at radius 2 is 0.745 bits per heavy atom. The minimum absolute atomic E-state index is 0.119. The highest BCUT2D eigenvalue weighted by atomic mass is 15.0. The molecule has 0 amide bonds. The summed E-state index contributed by atoms with van der Waals surface area (Å²) < 4.78 is 2.64. The molecule has 260 valence electrons. The average Bonchev–Trinajstić information content (AvgIpc) is 3.74. The lowest BCUT2D eigenvalue weighted by atomic mass is 9.82. The zero-order chi connectivity index (χ0) is 36.8. The highest BCUT2D eigenvalue weighted by molar-refractivity contribution is 6.23. The van der Waals surface area contributed by atoms with E-state index in [1.54, 1.807) is 0 Å². The van der Waals surface area contributed by atoms with Gasteiger partial charge in [-0.3, -0.25) is 0 Å². The van der Waals surface area contributed by atoms with Crippen molar-refractivity contribution in [2.75, 3.05) is 0 Å². The molecule has 0 saturated carbocycles. The Balaban J connectivity index is 1.28. The molecule has 0 N–H and O–H groups in total. The molecule has 0 fully saturated rings. The Morgan fingerprint density at radius 3 is 1.29 bits per heavy atom. The first-order valence-electron chi connectivity index (χ1n) is 19.6. The lowest BCUT2D eigenvalue weighted by molar-refractivity contribution is 0.661. The molecule has 0 aliphatic heterocycles. The molecule has 0 spiro atoms. The molecule has 2 aliphatic rings. The SMILES string of the molecule is CC1(C)c2ccccc2-c2cc3c4cc5c(cc4n(-c4c6ccccc6c(-c6cccc7ccccc67)c6ccccc46)c3cc21)C(C)(C)c1ccccc1-5. The number of rotatable bonds is 2. The van der Waals surface area contributed by atoms with E-state index >= 15 is 0 Å². The topological polar surface area (TPSA) is 4.93 Å². The molecule has 10 aromatic rings. The van der Waals surface area contributed by atoms with E-state index < -0.39 is 0 Å². The van der Waals surface area contributed by atoms with Gasteiger partial charge >= 0.3 is 0 Å². The minimum Gasteiger partial charge on any atom is -0.308 e. The number of fused-ring (bicyclic) bond motifs is 12. The number of hydrogen-bond donors (Lipinski definition) is 0. The molecule has 1 aromatic heterocycles. The van der Waals surface area contributed by atoms with E-state index in [4.69, 9.17) is 0 Å². The summed E-state index contributed by atoms with van der Waals surface area (Å²) in [4.78, 5) is 0. The molecular formula is C54H39N. The van der Waals surface area contributed by atoms with E-state index in [1.807, 2.05) is 0 Å². The van der Waals surface area contributed by atoms with Crippen LogP contribution in [-0.4, -0.2) is 4.57 Å². The monoisotopic (exact) mass is 701 g/mol. The van der Waals surface area contributed by atoms with Crippen LogP contribution in [-0.2, 0) is 10.8 Å². The molecular weight excluding hydrogens is 663 g/mol. The van der Waals surface area contributed by atoms with Crippen molar-refractivity contribution in [2.45, 2.75) is 38.5 Å². The molecule has 1 heteroatoms. The van der Waals surface area contributed by atoms with E-state index in [-0.39, 0.29) is 10.8 Å². The quantitative estimate of drug-likeness (QED) is 0.158. The van der Waals surface area contributed by atoms with Crippen molar-refractivity contribution >= 4 is 54.1 Å². The highest BCUT2D eigenvalue weighted by Crippen LogP contribution is 2.55. The van der Waals surface area contributed by atoms with Crippen molar-refractivity contribution in [1.29, 1.82) is 0 Å². The summed E-state index contributed by atoms with van der Waals surface area (Å²) in [5, 5.41) is 10.2. The highest BCUT2D eigenvalue weighted by Gasteiger charge is 2.39. The average molecular weight is 702 g/mol. The summed E-state index contributed by atoms with van der Waals surface area (Å²) in [6, 6.07) is 62.0. The van der Waals surface area contributed by atoms with Gasteiger partial charge in [0.25, 0.3) is 0 Å². The van der Waals surface area contributed by atoms with Crippen molar-refractivity contribution < 1.29 is 0 Å². The van der Waals surface area contributed by atoms with E-state index in [9.17, 15) is 0 Å². The molecule has 12 rings (SSSR count). The largest absolute Gasteiger partial charge is 0.308 e. The second-order valence-electron chi connectivity index (χ2n) is 16.8. The van der Waals surface area contributed by atoms with Crippen LogP contribution in [0, 0.1) is 0 Å². The molecule has 1 heterocycles. The second-order valence-corrected chi connectivity index (χ2v) is 16.8. The van der Waals surface area contributed by atoms with Gasteiger partial charge in [-0.15, -0.1) is 0 Å². The standard InChI is InChI=1S/C54H39N/c1-53(2)45-26-13-11-19-34(45)41-28-43-44-29-42-35-20-12-14-27-46(35)54(3,4)48(42)31-50(44)55(49(43)30-47(41)53)52-39-23-9-7-21-37(39)51(38-22-8-10-24-40(38)52)36-25-15-17-32-16-5-6-18-33(32)36/h5-31H,1-4H3. The van der Waals surface area contributed by atoms with Gasteiger partial charge in [-0.25, -0.2) is 0 Å². The smallest absolute Gasteiger partial charge is 0.0619 e. The van der Waals surface area contributed by atoms with Gasteiger partial charge < -0.3 is 4.57 Å². The summed E-state index contributed by atoms with van der Waals surface area (Å²) >= 11 is 0. The van der Waals surface area contributed by atoms with E-state index in [0.29, 0.717) is 0 Å². The predicted octanol–water partition coefficient (Wildman–Crippen LogP) is 14.5. The van der Waals surface area contributed by atoms with Crippen molar-refractivity contribution in [1.82, 2.24) is 4.57 Å². The number of nitrogens with zero attached hydrogens (tertiary/aromatic N) is 1. The lowest BCUT2D eigenvalue weighted by Crippen LogP contribution is -2.15. The summed E-state index contributed by atoms with van der Waals surface area (Å²) in [5.74, 6) is 0. The van der Waals surface area contributed by atoms with Crippen LogP contribution in [0.1, 0.15) is 49.9 Å². The zero-order valence-electron chi connectivity index (χ0n) is 31.5. The summed E-state index contributed by atoms with van der Waals surface area (Å²) in [6.45, 7) is 9.59. The van der Waals surface area contributed by atoms with Gasteiger partial charge in [0.2, 0.25) is 0 Å². The van der Waals surface area contributed by atoms with Gasteiger partial charge in [-0.2, -0.15) is 0 Å². The van der Waals surface area contributed by atoms with E-state index in [2.05, 4.69) is 196 Å². The van der Waals surface area contributed by atoms with Crippen LogP contribution >= 0.6 is 0 Å². The first kappa shape index (κ1) is 31.0. The fourth-order valence-corrected chi connectivity index (χ4v) is 10.7. The van der Waals surface area contributed by atoms with Gasteiger partial charge in [-0.05, 0) is 101 Å². The molecule has 0 radical (unpaired) electrons. The van der Waals surface area contributed by atoms with Gasteiger partial charge in [-0.1, -0.05) is 167 Å². The Kier molecular flexibility index (Phi) is 5.98. The van der Waals surface area contributed by atoms with Crippen LogP contribution < -0.4 is 0 Å². The predicted molar refractivity (Wildman–Crippen MR) is 234 cm³/mol. The van der Waals surface area contributed by atoms with E-state index in [0.717, 1.165) is 0 Å². The van der Waals surface area contributed by atoms with E-state index in [1.165, 1.54) is 115 Å². The Bertz CT molecular complexity index is 3130. The minimum atomic E-state index is -0.119. The third-order valence-electron chi connectivity index (χ3n) is 13.4. The maximum atomic E-state index is 2.64. The fraction of sp³-hybridized carbons (Fsp3) is 0.111. The van der Waals surface area contributed by atoms with Crippen LogP contribution in [0.15, 0.2) is 164 Å². The van der Waals surface area contributed by atoms with Crippen molar-refractivity contribution in [3.8, 4) is 39.1 Å². The molecule has 1 nitrogen and oxygen atoms in total. The molecule has 0 atom stereocenters. The van der Waals surface area contributed by atoms with Crippen molar-refractivity contribution in [2.24, 2.45) is 0 Å². The van der Waals surface area contributed by atoms with Gasteiger partial charge in [0.15, 0.2) is 0 Å². The van der Waals surface area contributed by atoms with Crippen molar-refractivity contribution in [3.63, 3.8) is 0 Å². The van der Waals surface area contributed by atoms with Gasteiger partial charge in [0.1, 0.15) is 0 Å². The maximum Gasteiger partial charge on any atom is 0.0619 e. The fourth-order valence-electron chi connectivity index (χ4n) is 10.7. The number of hydrogen-bond acceptors (Lipinski definition) is 0. The van der Waals surface area contributed by atoms with Gasteiger partial charge in [0, 0.05) is 32.4 Å². The molecule has 55 heavy (non-hydrogen) atoms. The molecule has 0 saturated heterocycles. The van der Waals surface area contributed by atoms with Gasteiger partial charge in [0.05, 0.1) is 16.7 Å². The summed E-state index contributed by atoms with van der Waals surface area (Å²) in [5.41, 5.74) is 17.1. The number of aromatic nitrogens is 1. The Hall–Kier alpha value is -6.44. The van der Waals surface area contributed by atoms with Crippen LogP contribution in [0.4, 0.5) is 0 Å². The summed E-state index contributed by atoms with van der Waals surface area (Å²) in [6.07, 6.45) is 0. The maximum absolute atomic E-state index is 2.64. The molecule has 0 bridgehead atoms. The van der Waals surface area contributed by atoms with Crippen LogP contribution in [0.5, 0.6) is 0 Å². The lowest BCUT2D eigenvalue weighted by Gasteiger charge is -2.23. The summed E-state index contributed by atoms with van der Waals surface area (Å²) in [7, 11) is 0. The normalized spacial score (nSPS) is 14.8. The van der Waals surface area contributed by atoms with Crippen LogP contribution in [0.3, 0.4) is 0 Å². The molecule has 9 aromatic carbocycles.